The molecule has 25 heavy (non-hydrogen) atoms. The number of hydrogen-bond acceptors (Lipinski definition) is 5. The van der Waals surface area contributed by atoms with Crippen molar-refractivity contribution in [3.63, 3.8) is 0 Å². The third-order valence-electron chi connectivity index (χ3n) is 4.01. The molecular formula is C16H31N5O3S. The standard InChI is InChI=1S/C16H31N5O3S/c1-6-14-13(15(7-2)24-20-14)12-19-16(17-5)18-10-11-25(22,23)21(8-3)9-4/h6-12H2,1-5H3,(H2,17,18,19). The first-order valence-corrected chi connectivity index (χ1v) is 10.4. The zero-order valence-corrected chi connectivity index (χ0v) is 16.7. The molecule has 0 fully saturated rings. The summed E-state index contributed by atoms with van der Waals surface area (Å²) in [4.78, 5) is 4.14. The van der Waals surface area contributed by atoms with Crippen molar-refractivity contribution in [2.75, 3.05) is 32.4 Å². The summed E-state index contributed by atoms with van der Waals surface area (Å²) in [5.41, 5.74) is 1.98. The van der Waals surface area contributed by atoms with Crippen LogP contribution in [0.1, 0.15) is 44.7 Å². The molecule has 2 N–H and O–H groups in total. The highest BCUT2D eigenvalue weighted by atomic mass is 32.2. The van der Waals surface area contributed by atoms with Gasteiger partial charge in [0.05, 0.1) is 11.4 Å². The third kappa shape index (κ3) is 6.00. The Morgan fingerprint density at radius 2 is 1.84 bits per heavy atom. The van der Waals surface area contributed by atoms with Crippen LogP contribution in [0.3, 0.4) is 0 Å². The summed E-state index contributed by atoms with van der Waals surface area (Å²) < 4.78 is 31.2. The van der Waals surface area contributed by atoms with Crippen LogP contribution in [0.2, 0.25) is 0 Å². The van der Waals surface area contributed by atoms with Crippen molar-refractivity contribution in [2.45, 2.75) is 47.1 Å². The van der Waals surface area contributed by atoms with Crippen molar-refractivity contribution >= 4 is 16.0 Å². The molecule has 0 aliphatic rings. The van der Waals surface area contributed by atoms with Crippen LogP contribution in [-0.2, 0) is 29.4 Å². The fourth-order valence-corrected chi connectivity index (χ4v) is 3.98. The molecule has 0 unspecified atom stereocenters. The highest BCUT2D eigenvalue weighted by Gasteiger charge is 2.18. The minimum Gasteiger partial charge on any atom is -0.361 e. The van der Waals surface area contributed by atoms with Crippen LogP contribution in [-0.4, -0.2) is 56.3 Å². The zero-order chi connectivity index (χ0) is 18.9. The van der Waals surface area contributed by atoms with Crippen molar-refractivity contribution in [3.8, 4) is 0 Å². The number of hydrogen-bond donors (Lipinski definition) is 2. The lowest BCUT2D eigenvalue weighted by Crippen LogP contribution is -2.42. The van der Waals surface area contributed by atoms with E-state index in [2.05, 4.69) is 20.8 Å². The Hall–Kier alpha value is -1.61. The Morgan fingerprint density at radius 1 is 1.16 bits per heavy atom. The van der Waals surface area contributed by atoms with E-state index in [1.165, 1.54) is 4.31 Å². The van der Waals surface area contributed by atoms with E-state index in [-0.39, 0.29) is 5.75 Å². The van der Waals surface area contributed by atoms with Crippen molar-refractivity contribution in [1.82, 2.24) is 20.1 Å². The Kier molecular flexibility index (Phi) is 8.91. The molecule has 1 aromatic heterocycles. The molecule has 0 amide bonds. The fraction of sp³-hybridized carbons (Fsp3) is 0.750. The lowest BCUT2D eigenvalue weighted by molar-refractivity contribution is 0.380. The van der Waals surface area contributed by atoms with Crippen molar-refractivity contribution in [2.24, 2.45) is 4.99 Å². The normalized spacial score (nSPS) is 12.6. The predicted octanol–water partition coefficient (Wildman–Crippen LogP) is 1.14. The second-order valence-corrected chi connectivity index (χ2v) is 7.58. The van der Waals surface area contributed by atoms with E-state index in [1.54, 1.807) is 7.05 Å². The number of guanidine groups is 1. The van der Waals surface area contributed by atoms with Gasteiger partial charge < -0.3 is 15.2 Å². The summed E-state index contributed by atoms with van der Waals surface area (Å²) in [6.07, 6.45) is 1.58. The molecule has 0 aliphatic carbocycles. The van der Waals surface area contributed by atoms with Crippen LogP contribution in [0.25, 0.3) is 0 Å². The lowest BCUT2D eigenvalue weighted by Gasteiger charge is -2.19. The minimum atomic E-state index is -3.24. The van der Waals surface area contributed by atoms with Crippen LogP contribution in [0, 0.1) is 0 Å². The molecule has 0 atom stereocenters. The van der Waals surface area contributed by atoms with Crippen molar-refractivity contribution in [1.29, 1.82) is 0 Å². The lowest BCUT2D eigenvalue weighted by atomic mass is 10.1. The minimum absolute atomic E-state index is 0.0308. The molecular weight excluding hydrogens is 342 g/mol. The SMILES string of the molecule is CCc1noc(CC)c1CNC(=NC)NCCS(=O)(=O)N(CC)CC. The number of nitrogens with zero attached hydrogens (tertiary/aromatic N) is 3. The summed E-state index contributed by atoms with van der Waals surface area (Å²) in [5, 5.41) is 10.3. The largest absolute Gasteiger partial charge is 0.361 e. The summed E-state index contributed by atoms with van der Waals surface area (Å²) in [5.74, 6) is 1.45. The van der Waals surface area contributed by atoms with Crippen LogP contribution >= 0.6 is 0 Å². The van der Waals surface area contributed by atoms with Gasteiger partial charge in [-0.2, -0.15) is 0 Å². The van der Waals surface area contributed by atoms with Gasteiger partial charge in [0.2, 0.25) is 10.0 Å². The Bertz CT molecular complexity index is 629. The monoisotopic (exact) mass is 373 g/mol. The first kappa shape index (κ1) is 21.4. The molecule has 0 bridgehead atoms. The first-order chi connectivity index (χ1) is 11.9. The third-order valence-corrected chi connectivity index (χ3v) is 6.04. The smallest absolute Gasteiger partial charge is 0.215 e. The highest BCUT2D eigenvalue weighted by molar-refractivity contribution is 7.89. The number of aromatic nitrogens is 1. The van der Waals surface area contributed by atoms with Gasteiger partial charge in [0, 0.05) is 45.2 Å². The molecule has 9 heteroatoms. The average molecular weight is 374 g/mol. The van der Waals surface area contributed by atoms with Crippen molar-refractivity contribution < 1.29 is 12.9 Å². The molecule has 0 aromatic carbocycles. The van der Waals surface area contributed by atoms with Crippen LogP contribution < -0.4 is 10.6 Å². The van der Waals surface area contributed by atoms with Gasteiger partial charge in [0.25, 0.3) is 0 Å². The highest BCUT2D eigenvalue weighted by Crippen LogP contribution is 2.15. The Morgan fingerprint density at radius 3 is 2.36 bits per heavy atom. The number of aliphatic imine (C=N–C) groups is 1. The van der Waals surface area contributed by atoms with E-state index in [4.69, 9.17) is 4.52 Å². The van der Waals surface area contributed by atoms with Gasteiger partial charge in [-0.25, -0.2) is 12.7 Å². The summed E-state index contributed by atoms with van der Waals surface area (Å²) in [6.45, 7) is 9.54. The molecule has 1 rings (SSSR count). The van der Waals surface area contributed by atoms with E-state index in [1.807, 2.05) is 27.7 Å². The van der Waals surface area contributed by atoms with Crippen LogP contribution in [0.4, 0.5) is 0 Å². The average Bonchev–Trinajstić information content (AvgIpc) is 3.00. The maximum atomic E-state index is 12.2. The van der Waals surface area contributed by atoms with E-state index >= 15 is 0 Å². The zero-order valence-electron chi connectivity index (χ0n) is 15.9. The number of nitrogens with one attached hydrogen (secondary N) is 2. The maximum Gasteiger partial charge on any atom is 0.215 e. The summed E-state index contributed by atoms with van der Waals surface area (Å²) >= 11 is 0. The quantitative estimate of drug-likeness (QED) is 0.471. The van der Waals surface area contributed by atoms with Gasteiger partial charge in [-0.15, -0.1) is 0 Å². The number of aryl methyl sites for hydroxylation is 2. The van der Waals surface area contributed by atoms with Gasteiger partial charge in [0.15, 0.2) is 5.96 Å². The van der Waals surface area contributed by atoms with Crippen molar-refractivity contribution in [3.05, 3.63) is 17.0 Å². The number of rotatable bonds is 10. The number of sulfonamides is 1. The second-order valence-electron chi connectivity index (χ2n) is 5.49. The second kappa shape index (κ2) is 10.4. The topological polar surface area (TPSA) is 99.8 Å². The van der Waals surface area contributed by atoms with Gasteiger partial charge in [-0.3, -0.25) is 4.99 Å². The predicted molar refractivity (Wildman–Crippen MR) is 100 cm³/mol. The van der Waals surface area contributed by atoms with Gasteiger partial charge in [0.1, 0.15) is 5.76 Å². The van der Waals surface area contributed by atoms with E-state index in [9.17, 15) is 8.42 Å². The maximum absolute atomic E-state index is 12.2. The Labute approximate surface area is 151 Å². The first-order valence-electron chi connectivity index (χ1n) is 8.81. The van der Waals surface area contributed by atoms with Gasteiger partial charge >= 0.3 is 0 Å². The Balaban J connectivity index is 2.58. The van der Waals surface area contributed by atoms with E-state index in [0.29, 0.717) is 32.1 Å². The molecule has 0 saturated heterocycles. The molecule has 144 valence electrons. The van der Waals surface area contributed by atoms with Gasteiger partial charge in [-0.1, -0.05) is 32.9 Å². The molecule has 0 radical (unpaired) electrons. The summed E-state index contributed by atoms with van der Waals surface area (Å²) in [7, 11) is -1.59. The van der Waals surface area contributed by atoms with Crippen LogP contribution in [0.5, 0.6) is 0 Å². The molecule has 1 aromatic rings. The molecule has 8 nitrogen and oxygen atoms in total. The molecule has 1 heterocycles. The fourth-order valence-electron chi connectivity index (χ4n) is 2.58. The van der Waals surface area contributed by atoms with E-state index < -0.39 is 10.0 Å². The molecule has 0 aliphatic heterocycles. The summed E-state index contributed by atoms with van der Waals surface area (Å²) in [6, 6.07) is 0. The molecule has 0 saturated carbocycles. The van der Waals surface area contributed by atoms with Gasteiger partial charge in [-0.05, 0) is 6.42 Å². The van der Waals surface area contributed by atoms with Crippen LogP contribution in [0.15, 0.2) is 9.52 Å². The molecule has 0 spiro atoms. The van der Waals surface area contributed by atoms with E-state index in [0.717, 1.165) is 29.9 Å².